The van der Waals surface area contributed by atoms with Gasteiger partial charge in [-0.3, -0.25) is 4.79 Å². The molecular formula is C22H19Br2FN4O2S. The number of amides is 1. The first kappa shape index (κ1) is 24.3. The van der Waals surface area contributed by atoms with Crippen molar-refractivity contribution >= 4 is 55.7 Å². The normalized spacial score (nSPS) is 11.0. The van der Waals surface area contributed by atoms with Gasteiger partial charge in [0.1, 0.15) is 18.2 Å². The quantitative estimate of drug-likeness (QED) is 0.163. The molecule has 3 aromatic rings. The minimum absolute atomic E-state index is 0.153. The van der Waals surface area contributed by atoms with Gasteiger partial charge in [0.05, 0.1) is 20.9 Å². The van der Waals surface area contributed by atoms with E-state index < -0.39 is 0 Å². The Morgan fingerprint density at radius 3 is 2.50 bits per heavy atom. The van der Waals surface area contributed by atoms with Gasteiger partial charge in [-0.2, -0.15) is 5.10 Å². The van der Waals surface area contributed by atoms with E-state index in [2.05, 4.69) is 52.4 Å². The molecule has 166 valence electrons. The van der Waals surface area contributed by atoms with Crippen LogP contribution in [0.4, 0.5) is 4.39 Å². The molecule has 6 nitrogen and oxygen atoms in total. The molecule has 0 saturated heterocycles. The lowest BCUT2D eigenvalue weighted by atomic mass is 10.2. The average molecular weight is 582 g/mol. The maximum atomic E-state index is 13.3. The molecular weight excluding hydrogens is 563 g/mol. The maximum absolute atomic E-state index is 13.3. The van der Waals surface area contributed by atoms with Crippen LogP contribution < -0.4 is 10.2 Å². The number of hydrogen-bond acceptors (Lipinski definition) is 6. The Bertz CT molecular complexity index is 1120. The van der Waals surface area contributed by atoms with Crippen LogP contribution in [0.5, 0.6) is 5.75 Å². The van der Waals surface area contributed by atoms with Crippen LogP contribution in [0.3, 0.4) is 0 Å². The molecule has 0 saturated carbocycles. The van der Waals surface area contributed by atoms with E-state index in [1.54, 1.807) is 24.3 Å². The topological polar surface area (TPSA) is 76.5 Å². The van der Waals surface area contributed by atoms with Gasteiger partial charge in [0, 0.05) is 11.4 Å². The average Bonchev–Trinajstić information content (AvgIpc) is 2.71. The highest BCUT2D eigenvalue weighted by atomic mass is 79.9. The molecule has 0 unspecified atom stereocenters. The predicted octanol–water partition coefficient (Wildman–Crippen LogP) is 5.58. The second kappa shape index (κ2) is 11.5. The fraction of sp³-hybridized carbons (Fsp3) is 0.182. The standard InChI is InChI=1S/C22H19Br2FN4O2S/c1-13-6-14(2)28-22(27-13)32-12-20(30)29-26-10-16-8-18(23)21(19(24)9-16)31-11-15-4-3-5-17(25)7-15/h3-10H,11-12H2,1-2H3,(H,29,30)/b26-10-. The molecule has 32 heavy (non-hydrogen) atoms. The minimum atomic E-state index is -0.308. The molecule has 1 N–H and O–H groups in total. The molecule has 0 fully saturated rings. The second-order valence-electron chi connectivity index (χ2n) is 6.75. The first-order chi connectivity index (χ1) is 15.3. The van der Waals surface area contributed by atoms with E-state index in [4.69, 9.17) is 4.74 Å². The Morgan fingerprint density at radius 1 is 1.16 bits per heavy atom. The van der Waals surface area contributed by atoms with Crippen LogP contribution in [0.15, 0.2) is 61.7 Å². The summed E-state index contributed by atoms with van der Waals surface area (Å²) in [5.41, 5.74) is 5.68. The van der Waals surface area contributed by atoms with Crippen molar-refractivity contribution in [3.63, 3.8) is 0 Å². The van der Waals surface area contributed by atoms with Crippen molar-refractivity contribution in [2.24, 2.45) is 5.10 Å². The Morgan fingerprint density at radius 2 is 1.84 bits per heavy atom. The fourth-order valence-electron chi connectivity index (χ4n) is 2.67. The number of hydrogen-bond donors (Lipinski definition) is 1. The highest BCUT2D eigenvalue weighted by Crippen LogP contribution is 2.35. The van der Waals surface area contributed by atoms with Gasteiger partial charge in [0.25, 0.3) is 5.91 Å². The van der Waals surface area contributed by atoms with E-state index in [0.717, 1.165) is 22.5 Å². The van der Waals surface area contributed by atoms with E-state index in [1.165, 1.54) is 30.1 Å². The van der Waals surface area contributed by atoms with Crippen LogP contribution >= 0.6 is 43.6 Å². The van der Waals surface area contributed by atoms with Crippen molar-refractivity contribution in [3.05, 3.63) is 79.7 Å². The number of carbonyl (C=O) groups excluding carboxylic acids is 1. The van der Waals surface area contributed by atoms with Crippen molar-refractivity contribution in [3.8, 4) is 5.75 Å². The van der Waals surface area contributed by atoms with Gasteiger partial charge in [-0.25, -0.2) is 19.8 Å². The third kappa shape index (κ3) is 7.39. The SMILES string of the molecule is Cc1cc(C)nc(SCC(=O)N/N=C\c2cc(Br)c(OCc3cccc(F)c3)c(Br)c2)n1. The summed E-state index contributed by atoms with van der Waals surface area (Å²) in [4.78, 5) is 20.6. The summed E-state index contributed by atoms with van der Waals surface area (Å²) in [5, 5.41) is 4.56. The third-order valence-corrected chi connectivity index (χ3v) is 6.02. The highest BCUT2D eigenvalue weighted by molar-refractivity contribution is 9.11. The Kier molecular flexibility index (Phi) is 8.77. The summed E-state index contributed by atoms with van der Waals surface area (Å²) in [6.45, 7) is 3.99. The van der Waals surface area contributed by atoms with Gasteiger partial charge >= 0.3 is 0 Å². The molecule has 0 aliphatic rings. The zero-order valence-electron chi connectivity index (χ0n) is 17.2. The monoisotopic (exact) mass is 580 g/mol. The van der Waals surface area contributed by atoms with Crippen molar-refractivity contribution in [2.75, 3.05) is 5.75 Å². The zero-order chi connectivity index (χ0) is 23.1. The Balaban J connectivity index is 1.54. The molecule has 0 aliphatic carbocycles. The molecule has 0 atom stereocenters. The fourth-order valence-corrected chi connectivity index (χ4v) is 4.87. The largest absolute Gasteiger partial charge is 0.487 e. The van der Waals surface area contributed by atoms with E-state index in [1.807, 2.05) is 19.9 Å². The van der Waals surface area contributed by atoms with Crippen LogP contribution in [-0.4, -0.2) is 27.8 Å². The van der Waals surface area contributed by atoms with E-state index in [0.29, 0.717) is 19.9 Å². The first-order valence-corrected chi connectivity index (χ1v) is 12.0. The second-order valence-corrected chi connectivity index (χ2v) is 9.40. The summed E-state index contributed by atoms with van der Waals surface area (Å²) in [6, 6.07) is 11.7. The van der Waals surface area contributed by atoms with Gasteiger partial charge in [-0.05, 0) is 87.2 Å². The van der Waals surface area contributed by atoms with Gasteiger partial charge in [0.15, 0.2) is 5.16 Å². The van der Waals surface area contributed by atoms with Gasteiger partial charge in [-0.1, -0.05) is 23.9 Å². The minimum Gasteiger partial charge on any atom is -0.487 e. The molecule has 1 heterocycles. The number of rotatable bonds is 8. The molecule has 10 heteroatoms. The summed E-state index contributed by atoms with van der Waals surface area (Å²) in [5.74, 6) is 0.167. The number of aromatic nitrogens is 2. The number of halogens is 3. The van der Waals surface area contributed by atoms with E-state index in [9.17, 15) is 9.18 Å². The molecule has 1 amide bonds. The summed E-state index contributed by atoms with van der Waals surface area (Å²) < 4.78 is 20.5. The number of nitrogens with zero attached hydrogens (tertiary/aromatic N) is 3. The van der Waals surface area contributed by atoms with Crippen LogP contribution in [0, 0.1) is 19.7 Å². The smallest absolute Gasteiger partial charge is 0.250 e. The lowest BCUT2D eigenvalue weighted by molar-refractivity contribution is -0.118. The molecule has 2 aromatic carbocycles. The van der Waals surface area contributed by atoms with Crippen molar-refractivity contribution in [1.29, 1.82) is 0 Å². The maximum Gasteiger partial charge on any atom is 0.250 e. The number of carbonyl (C=O) groups is 1. The first-order valence-electron chi connectivity index (χ1n) is 9.43. The highest BCUT2D eigenvalue weighted by Gasteiger charge is 2.10. The molecule has 0 aliphatic heterocycles. The van der Waals surface area contributed by atoms with Gasteiger partial charge in [-0.15, -0.1) is 0 Å². The number of aryl methyl sites for hydroxylation is 2. The van der Waals surface area contributed by atoms with E-state index >= 15 is 0 Å². The van der Waals surface area contributed by atoms with Crippen LogP contribution in [0.2, 0.25) is 0 Å². The summed E-state index contributed by atoms with van der Waals surface area (Å²) in [7, 11) is 0. The molecule has 0 radical (unpaired) electrons. The molecule has 0 bridgehead atoms. The lowest BCUT2D eigenvalue weighted by Crippen LogP contribution is -2.19. The third-order valence-electron chi connectivity index (χ3n) is 3.99. The molecule has 3 rings (SSSR count). The summed E-state index contributed by atoms with van der Waals surface area (Å²) in [6.07, 6.45) is 1.53. The predicted molar refractivity (Wildman–Crippen MR) is 131 cm³/mol. The number of thioether (sulfide) groups is 1. The lowest BCUT2D eigenvalue weighted by Gasteiger charge is -2.11. The Labute approximate surface area is 206 Å². The van der Waals surface area contributed by atoms with Gasteiger partial charge in [0.2, 0.25) is 0 Å². The number of nitrogens with one attached hydrogen (secondary N) is 1. The van der Waals surface area contributed by atoms with E-state index in [-0.39, 0.29) is 24.1 Å². The number of benzene rings is 2. The van der Waals surface area contributed by atoms with Crippen molar-refractivity contribution in [2.45, 2.75) is 25.6 Å². The number of hydrazone groups is 1. The zero-order valence-corrected chi connectivity index (χ0v) is 21.2. The molecule has 1 aromatic heterocycles. The van der Waals surface area contributed by atoms with Gasteiger partial charge < -0.3 is 4.74 Å². The van der Waals surface area contributed by atoms with Crippen molar-refractivity contribution < 1.29 is 13.9 Å². The Hall–Kier alpha value is -2.30. The van der Waals surface area contributed by atoms with Crippen LogP contribution in [-0.2, 0) is 11.4 Å². The van der Waals surface area contributed by atoms with Crippen molar-refractivity contribution in [1.82, 2.24) is 15.4 Å². The van der Waals surface area contributed by atoms with Crippen LogP contribution in [0.25, 0.3) is 0 Å². The summed E-state index contributed by atoms with van der Waals surface area (Å²) >= 11 is 8.20. The molecule has 0 spiro atoms. The van der Waals surface area contributed by atoms with Crippen LogP contribution in [0.1, 0.15) is 22.5 Å². The number of ether oxygens (including phenoxy) is 1.